The molecule has 1 aliphatic rings. The van der Waals surface area contributed by atoms with Crippen molar-refractivity contribution < 1.29 is 13.9 Å². The molecule has 1 fully saturated rings. The predicted molar refractivity (Wildman–Crippen MR) is 101 cm³/mol. The van der Waals surface area contributed by atoms with Gasteiger partial charge in [-0.05, 0) is 29.8 Å². The van der Waals surface area contributed by atoms with E-state index in [1.54, 1.807) is 12.1 Å². The van der Waals surface area contributed by atoms with Crippen molar-refractivity contribution in [2.75, 3.05) is 43.1 Å². The Labute approximate surface area is 157 Å². The number of halogens is 2. The zero-order valence-electron chi connectivity index (χ0n) is 14.3. The van der Waals surface area contributed by atoms with Crippen LogP contribution in [0.4, 0.5) is 15.8 Å². The van der Waals surface area contributed by atoms with Gasteiger partial charge in [0.25, 0.3) is 0 Å². The van der Waals surface area contributed by atoms with Crippen molar-refractivity contribution in [2.45, 2.75) is 6.54 Å². The Bertz CT molecular complexity index is 749. The van der Waals surface area contributed by atoms with Crippen molar-refractivity contribution in [1.29, 1.82) is 0 Å². The van der Waals surface area contributed by atoms with E-state index in [1.165, 1.54) is 12.1 Å². The topological polar surface area (TPSA) is 53.6 Å². The van der Waals surface area contributed by atoms with Gasteiger partial charge in [0.1, 0.15) is 5.82 Å². The van der Waals surface area contributed by atoms with Crippen LogP contribution in [0.25, 0.3) is 0 Å². The maximum atomic E-state index is 12.9. The van der Waals surface area contributed by atoms with E-state index in [0.717, 1.165) is 30.0 Å². The number of morpholine rings is 1. The molecule has 0 unspecified atom stereocenters. The molecule has 0 atom stereocenters. The highest BCUT2D eigenvalue weighted by Gasteiger charge is 2.18. The van der Waals surface area contributed by atoms with Crippen molar-refractivity contribution in [3.63, 3.8) is 0 Å². The molecule has 0 saturated carbocycles. The number of benzene rings is 2. The van der Waals surface area contributed by atoms with Crippen molar-refractivity contribution >= 4 is 28.9 Å². The molecule has 2 N–H and O–H groups in total. The third-order valence-electron chi connectivity index (χ3n) is 4.16. The quantitative estimate of drug-likeness (QED) is 0.812. The molecule has 26 heavy (non-hydrogen) atoms. The maximum absolute atomic E-state index is 12.9. The van der Waals surface area contributed by atoms with Crippen LogP contribution in [-0.2, 0) is 16.1 Å². The van der Waals surface area contributed by atoms with Crippen LogP contribution in [0.15, 0.2) is 42.5 Å². The first-order valence-corrected chi connectivity index (χ1v) is 8.87. The van der Waals surface area contributed by atoms with Crippen LogP contribution in [0, 0.1) is 5.82 Å². The molecule has 1 aliphatic heterocycles. The van der Waals surface area contributed by atoms with Gasteiger partial charge in [-0.2, -0.15) is 0 Å². The normalized spacial score (nSPS) is 14.2. The van der Waals surface area contributed by atoms with Crippen molar-refractivity contribution in [2.24, 2.45) is 0 Å². The number of anilines is 2. The predicted octanol–water partition coefficient (Wildman–Crippen LogP) is 3.04. The van der Waals surface area contributed by atoms with Gasteiger partial charge in [0, 0.05) is 19.6 Å². The van der Waals surface area contributed by atoms with Crippen LogP contribution in [0.5, 0.6) is 0 Å². The number of hydrogen-bond donors (Lipinski definition) is 2. The summed E-state index contributed by atoms with van der Waals surface area (Å²) in [6.07, 6.45) is 0. The SMILES string of the molecule is O=C(CNc1cccc(Cl)c1N1CCOCC1)NCc1ccc(F)cc1. The molecule has 0 aromatic heterocycles. The fourth-order valence-corrected chi connectivity index (χ4v) is 3.10. The van der Waals surface area contributed by atoms with E-state index in [0.29, 0.717) is 24.8 Å². The molecule has 0 spiro atoms. The summed E-state index contributed by atoms with van der Waals surface area (Å²) >= 11 is 6.38. The number of nitrogens with zero attached hydrogens (tertiary/aromatic N) is 1. The lowest BCUT2D eigenvalue weighted by molar-refractivity contribution is -0.119. The van der Waals surface area contributed by atoms with Crippen molar-refractivity contribution in [1.82, 2.24) is 5.32 Å². The zero-order valence-corrected chi connectivity index (χ0v) is 15.1. The maximum Gasteiger partial charge on any atom is 0.239 e. The molecule has 1 heterocycles. The fourth-order valence-electron chi connectivity index (χ4n) is 2.81. The standard InChI is InChI=1S/C19H21ClFN3O2/c20-16-2-1-3-17(19(16)24-8-10-26-11-9-24)22-13-18(25)23-12-14-4-6-15(21)7-5-14/h1-7,22H,8-13H2,(H,23,25). The molecule has 5 nitrogen and oxygen atoms in total. The molecule has 0 bridgehead atoms. The van der Waals surface area contributed by atoms with Crippen LogP contribution < -0.4 is 15.5 Å². The van der Waals surface area contributed by atoms with Crippen LogP contribution >= 0.6 is 11.6 Å². The number of ether oxygens (including phenoxy) is 1. The van der Waals surface area contributed by atoms with E-state index in [9.17, 15) is 9.18 Å². The molecular weight excluding hydrogens is 357 g/mol. The summed E-state index contributed by atoms with van der Waals surface area (Å²) in [7, 11) is 0. The Morgan fingerprint density at radius 1 is 1.15 bits per heavy atom. The summed E-state index contributed by atoms with van der Waals surface area (Å²) in [5.41, 5.74) is 2.55. The highest BCUT2D eigenvalue weighted by Crippen LogP contribution is 2.34. The largest absolute Gasteiger partial charge is 0.378 e. The van der Waals surface area contributed by atoms with Gasteiger partial charge in [-0.3, -0.25) is 4.79 Å². The van der Waals surface area contributed by atoms with E-state index < -0.39 is 0 Å². The van der Waals surface area contributed by atoms with Crippen LogP contribution in [0.2, 0.25) is 5.02 Å². The molecule has 0 aliphatic carbocycles. The van der Waals surface area contributed by atoms with Gasteiger partial charge in [-0.15, -0.1) is 0 Å². The molecule has 138 valence electrons. The molecule has 1 amide bonds. The number of amides is 1. The van der Waals surface area contributed by atoms with E-state index in [-0.39, 0.29) is 18.3 Å². The average molecular weight is 378 g/mol. The summed E-state index contributed by atoms with van der Waals surface area (Å²) in [6.45, 7) is 3.31. The van der Waals surface area contributed by atoms with E-state index >= 15 is 0 Å². The number of carbonyl (C=O) groups excluding carboxylic acids is 1. The summed E-state index contributed by atoms with van der Waals surface area (Å²) in [6, 6.07) is 11.6. The molecule has 2 aromatic carbocycles. The first kappa shape index (κ1) is 18.5. The van der Waals surface area contributed by atoms with E-state index in [2.05, 4.69) is 15.5 Å². The summed E-state index contributed by atoms with van der Waals surface area (Å²) in [4.78, 5) is 14.3. The lowest BCUT2D eigenvalue weighted by Gasteiger charge is -2.31. The number of para-hydroxylation sites is 1. The smallest absolute Gasteiger partial charge is 0.239 e. The van der Waals surface area contributed by atoms with E-state index in [1.807, 2.05) is 18.2 Å². The van der Waals surface area contributed by atoms with Crippen LogP contribution in [0.3, 0.4) is 0 Å². The summed E-state index contributed by atoms with van der Waals surface area (Å²) < 4.78 is 18.3. The number of carbonyl (C=O) groups is 1. The highest BCUT2D eigenvalue weighted by molar-refractivity contribution is 6.34. The molecule has 1 saturated heterocycles. The molecule has 7 heteroatoms. The monoisotopic (exact) mass is 377 g/mol. The van der Waals surface area contributed by atoms with Gasteiger partial charge in [0.05, 0.1) is 36.2 Å². The van der Waals surface area contributed by atoms with Gasteiger partial charge in [0.15, 0.2) is 0 Å². The van der Waals surface area contributed by atoms with Gasteiger partial charge in [-0.25, -0.2) is 4.39 Å². The molecular formula is C19H21ClFN3O2. The summed E-state index contributed by atoms with van der Waals surface area (Å²) in [5.74, 6) is -0.444. The lowest BCUT2D eigenvalue weighted by atomic mass is 10.2. The Balaban J connectivity index is 1.57. The van der Waals surface area contributed by atoms with Gasteiger partial charge >= 0.3 is 0 Å². The van der Waals surface area contributed by atoms with E-state index in [4.69, 9.17) is 16.3 Å². The molecule has 0 radical (unpaired) electrons. The molecule has 2 aromatic rings. The minimum absolute atomic E-state index is 0.124. The van der Waals surface area contributed by atoms with Gasteiger partial charge in [0.2, 0.25) is 5.91 Å². The zero-order chi connectivity index (χ0) is 18.4. The highest BCUT2D eigenvalue weighted by atomic mass is 35.5. The Hall–Kier alpha value is -2.31. The Morgan fingerprint density at radius 3 is 2.62 bits per heavy atom. The van der Waals surface area contributed by atoms with Crippen LogP contribution in [-0.4, -0.2) is 38.8 Å². The minimum Gasteiger partial charge on any atom is -0.378 e. The van der Waals surface area contributed by atoms with Gasteiger partial charge in [-0.1, -0.05) is 29.8 Å². The average Bonchev–Trinajstić information content (AvgIpc) is 2.66. The first-order chi connectivity index (χ1) is 12.6. The van der Waals surface area contributed by atoms with Crippen molar-refractivity contribution in [3.8, 4) is 0 Å². The number of nitrogens with one attached hydrogen (secondary N) is 2. The Morgan fingerprint density at radius 2 is 1.88 bits per heavy atom. The van der Waals surface area contributed by atoms with Gasteiger partial charge < -0.3 is 20.3 Å². The lowest BCUT2D eigenvalue weighted by Crippen LogP contribution is -2.37. The number of rotatable bonds is 6. The molecule has 3 rings (SSSR count). The third-order valence-corrected chi connectivity index (χ3v) is 4.46. The second-order valence-electron chi connectivity index (χ2n) is 5.99. The van der Waals surface area contributed by atoms with Crippen LogP contribution in [0.1, 0.15) is 5.56 Å². The third kappa shape index (κ3) is 4.86. The number of hydrogen-bond acceptors (Lipinski definition) is 4. The second-order valence-corrected chi connectivity index (χ2v) is 6.40. The first-order valence-electron chi connectivity index (χ1n) is 8.50. The van der Waals surface area contributed by atoms with Crippen molar-refractivity contribution in [3.05, 3.63) is 58.9 Å². The Kier molecular flexibility index (Phi) is 6.30. The summed E-state index contributed by atoms with van der Waals surface area (Å²) in [5, 5.41) is 6.61. The minimum atomic E-state index is -0.293. The fraction of sp³-hybridized carbons (Fsp3) is 0.316. The second kappa shape index (κ2) is 8.87.